The highest BCUT2D eigenvalue weighted by Gasteiger charge is 2.29. The van der Waals surface area contributed by atoms with Crippen LogP contribution in [0.15, 0.2) is 167 Å². The molecular formula is C47H26N4O2. The Bertz CT molecular complexity index is 3320. The van der Waals surface area contributed by atoms with Crippen molar-refractivity contribution in [1.82, 2.24) is 15.0 Å². The molecule has 0 radical (unpaired) electrons. The first kappa shape index (κ1) is 28.4. The fraction of sp³-hybridized carbons (Fsp3) is 0. The van der Waals surface area contributed by atoms with Gasteiger partial charge in [-0.2, -0.15) is 9.97 Å². The number of anilines is 3. The van der Waals surface area contributed by atoms with Gasteiger partial charge in [0.2, 0.25) is 5.95 Å². The standard InChI is InChI=1S/C47H26N4O2/c1-2-11-29-26-38-35(24-28(29)10-1)32-16-7-12-27-13-8-18-37(43(27)32)51(38)47-49-45(30-22-23-41-36(25-30)31-14-3-5-19-39(31)52-41)48-46(50-47)34-17-9-21-42-44(34)33-15-4-6-20-40(33)53-42/h1-26H. The van der Waals surface area contributed by atoms with Crippen molar-refractivity contribution in [2.24, 2.45) is 0 Å². The van der Waals surface area contributed by atoms with E-state index in [4.69, 9.17) is 23.8 Å². The van der Waals surface area contributed by atoms with Gasteiger partial charge in [-0.05, 0) is 76.3 Å². The number of aromatic nitrogens is 3. The second-order valence-electron chi connectivity index (χ2n) is 13.6. The van der Waals surface area contributed by atoms with Crippen molar-refractivity contribution in [2.45, 2.75) is 0 Å². The van der Waals surface area contributed by atoms with Crippen molar-refractivity contribution in [2.75, 3.05) is 4.90 Å². The molecular weight excluding hydrogens is 653 g/mol. The highest BCUT2D eigenvalue weighted by molar-refractivity contribution is 6.16. The number of hydrogen-bond donors (Lipinski definition) is 0. The van der Waals surface area contributed by atoms with Crippen molar-refractivity contribution in [3.05, 3.63) is 158 Å². The maximum Gasteiger partial charge on any atom is 0.238 e. The summed E-state index contributed by atoms with van der Waals surface area (Å²) in [6.45, 7) is 0. The average Bonchev–Trinajstić information content (AvgIpc) is 3.78. The summed E-state index contributed by atoms with van der Waals surface area (Å²) < 4.78 is 12.5. The summed E-state index contributed by atoms with van der Waals surface area (Å²) in [5, 5.41) is 8.69. The quantitative estimate of drug-likeness (QED) is 0.185. The molecule has 0 aliphatic carbocycles. The third-order valence-corrected chi connectivity index (χ3v) is 10.6. The molecule has 0 saturated heterocycles. The maximum absolute atomic E-state index is 6.33. The topological polar surface area (TPSA) is 68.2 Å². The third-order valence-electron chi connectivity index (χ3n) is 10.6. The third kappa shape index (κ3) is 4.11. The van der Waals surface area contributed by atoms with Gasteiger partial charge < -0.3 is 8.83 Å². The highest BCUT2D eigenvalue weighted by Crippen LogP contribution is 2.51. The molecule has 6 heteroatoms. The minimum absolute atomic E-state index is 0.533. The van der Waals surface area contributed by atoms with Crippen LogP contribution >= 0.6 is 0 Å². The summed E-state index contributed by atoms with van der Waals surface area (Å²) in [5.41, 5.74) is 9.37. The summed E-state index contributed by atoms with van der Waals surface area (Å²) >= 11 is 0. The highest BCUT2D eigenvalue weighted by atomic mass is 16.3. The average molecular weight is 679 g/mol. The monoisotopic (exact) mass is 678 g/mol. The van der Waals surface area contributed by atoms with E-state index in [0.29, 0.717) is 17.6 Å². The lowest BCUT2D eigenvalue weighted by molar-refractivity contribution is 0.668. The lowest BCUT2D eigenvalue weighted by Crippen LogP contribution is -2.19. The SMILES string of the molecule is c1ccc2cc3c(cc2c1)-c1cccc2cccc(c12)N3c1nc(-c2ccc3oc4ccccc4c3c2)nc(-c2cccc3oc4ccccc4c23)n1. The van der Waals surface area contributed by atoms with E-state index in [9.17, 15) is 0 Å². The van der Waals surface area contributed by atoms with E-state index in [1.54, 1.807) is 0 Å². The van der Waals surface area contributed by atoms with Gasteiger partial charge in [-0.25, -0.2) is 4.98 Å². The van der Waals surface area contributed by atoms with Crippen molar-refractivity contribution < 1.29 is 8.83 Å². The molecule has 11 aromatic rings. The molecule has 0 spiro atoms. The van der Waals surface area contributed by atoms with Gasteiger partial charge in [0.15, 0.2) is 11.6 Å². The summed E-state index contributed by atoms with van der Waals surface area (Å²) in [6, 6.07) is 54.6. The molecule has 8 aromatic carbocycles. The Morgan fingerprint density at radius 2 is 1.02 bits per heavy atom. The normalized spacial score (nSPS) is 12.5. The molecule has 6 nitrogen and oxygen atoms in total. The van der Waals surface area contributed by atoms with Gasteiger partial charge in [0, 0.05) is 43.6 Å². The predicted molar refractivity (Wildman–Crippen MR) is 214 cm³/mol. The van der Waals surface area contributed by atoms with E-state index in [1.165, 1.54) is 10.9 Å². The molecule has 1 aliphatic heterocycles. The first-order valence-corrected chi connectivity index (χ1v) is 17.7. The van der Waals surface area contributed by atoms with E-state index in [0.717, 1.165) is 88.1 Å². The first-order valence-electron chi connectivity index (χ1n) is 17.7. The van der Waals surface area contributed by atoms with E-state index in [2.05, 4.69) is 102 Å². The summed E-state index contributed by atoms with van der Waals surface area (Å²) in [5.74, 6) is 1.66. The molecule has 0 amide bonds. The Morgan fingerprint density at radius 3 is 1.91 bits per heavy atom. The minimum atomic E-state index is 0.533. The van der Waals surface area contributed by atoms with Crippen LogP contribution < -0.4 is 4.90 Å². The minimum Gasteiger partial charge on any atom is -0.456 e. The predicted octanol–water partition coefficient (Wildman–Crippen LogP) is 12.8. The Balaban J connectivity index is 1.18. The number of fused-ring (bicyclic) bond motifs is 9. The van der Waals surface area contributed by atoms with Crippen LogP contribution in [0.2, 0.25) is 0 Å². The fourth-order valence-electron chi connectivity index (χ4n) is 8.25. The fourth-order valence-corrected chi connectivity index (χ4v) is 8.25. The summed E-state index contributed by atoms with van der Waals surface area (Å²) in [4.78, 5) is 18.2. The van der Waals surface area contributed by atoms with Gasteiger partial charge in [0.1, 0.15) is 22.3 Å². The van der Waals surface area contributed by atoms with Crippen LogP contribution in [0.3, 0.4) is 0 Å². The van der Waals surface area contributed by atoms with Crippen LogP contribution in [-0.2, 0) is 0 Å². The Hall–Kier alpha value is -7.31. The summed E-state index contributed by atoms with van der Waals surface area (Å²) in [7, 11) is 0. The smallest absolute Gasteiger partial charge is 0.238 e. The Kier molecular flexibility index (Phi) is 5.68. The molecule has 246 valence electrons. The lowest BCUT2D eigenvalue weighted by Gasteiger charge is -2.32. The maximum atomic E-state index is 6.33. The Labute approximate surface area is 302 Å². The number of hydrogen-bond acceptors (Lipinski definition) is 6. The number of nitrogens with zero attached hydrogens (tertiary/aromatic N) is 4. The largest absolute Gasteiger partial charge is 0.456 e. The van der Waals surface area contributed by atoms with Gasteiger partial charge in [0.25, 0.3) is 0 Å². The van der Waals surface area contributed by atoms with Crippen LogP contribution in [0.1, 0.15) is 0 Å². The Morgan fingerprint density at radius 1 is 0.377 bits per heavy atom. The van der Waals surface area contributed by atoms with E-state index in [-0.39, 0.29) is 0 Å². The number of furan rings is 2. The zero-order chi connectivity index (χ0) is 34.6. The molecule has 53 heavy (non-hydrogen) atoms. The van der Waals surface area contributed by atoms with Crippen molar-refractivity contribution >= 4 is 82.7 Å². The molecule has 3 aromatic heterocycles. The van der Waals surface area contributed by atoms with Gasteiger partial charge in [0.05, 0.1) is 11.4 Å². The zero-order valence-corrected chi connectivity index (χ0v) is 28.1. The van der Waals surface area contributed by atoms with Crippen LogP contribution in [0, 0.1) is 0 Å². The zero-order valence-electron chi connectivity index (χ0n) is 28.1. The molecule has 0 saturated carbocycles. The van der Waals surface area contributed by atoms with Crippen LogP contribution in [-0.4, -0.2) is 15.0 Å². The number of para-hydroxylation sites is 2. The molecule has 1 aliphatic rings. The number of benzene rings is 8. The van der Waals surface area contributed by atoms with Crippen LogP contribution in [0.4, 0.5) is 17.3 Å². The second kappa shape index (κ2) is 10.6. The van der Waals surface area contributed by atoms with Gasteiger partial charge in [-0.15, -0.1) is 0 Å². The van der Waals surface area contributed by atoms with Gasteiger partial charge >= 0.3 is 0 Å². The molecule has 0 bridgehead atoms. The van der Waals surface area contributed by atoms with Crippen LogP contribution in [0.25, 0.3) is 99.3 Å². The first-order chi connectivity index (χ1) is 26.2. The van der Waals surface area contributed by atoms with Crippen molar-refractivity contribution in [3.63, 3.8) is 0 Å². The molecule has 0 fully saturated rings. The second-order valence-corrected chi connectivity index (χ2v) is 13.6. The molecule has 0 N–H and O–H groups in total. The summed E-state index contributed by atoms with van der Waals surface area (Å²) in [6.07, 6.45) is 0. The molecule has 12 rings (SSSR count). The van der Waals surface area contributed by atoms with Crippen molar-refractivity contribution in [1.29, 1.82) is 0 Å². The molecule has 0 unspecified atom stereocenters. The van der Waals surface area contributed by atoms with E-state index in [1.807, 2.05) is 60.7 Å². The van der Waals surface area contributed by atoms with Gasteiger partial charge in [-0.3, -0.25) is 4.90 Å². The van der Waals surface area contributed by atoms with E-state index < -0.39 is 0 Å². The molecule has 0 atom stereocenters. The van der Waals surface area contributed by atoms with Crippen LogP contribution in [0.5, 0.6) is 0 Å². The van der Waals surface area contributed by atoms with Crippen molar-refractivity contribution in [3.8, 4) is 33.9 Å². The lowest BCUT2D eigenvalue weighted by atomic mass is 9.90. The van der Waals surface area contributed by atoms with Gasteiger partial charge in [-0.1, -0.05) is 103 Å². The number of rotatable bonds is 3. The molecule has 4 heterocycles. The van der Waals surface area contributed by atoms with E-state index >= 15 is 0 Å².